The molecular formula is C49H32. The van der Waals surface area contributed by atoms with Crippen molar-refractivity contribution < 1.29 is 0 Å². The van der Waals surface area contributed by atoms with Crippen molar-refractivity contribution in [2.75, 3.05) is 0 Å². The highest BCUT2D eigenvalue weighted by atomic mass is 14.4. The summed E-state index contributed by atoms with van der Waals surface area (Å²) in [5.41, 5.74) is 10.5. The van der Waals surface area contributed by atoms with E-state index in [1.807, 2.05) is 0 Å². The van der Waals surface area contributed by atoms with Crippen LogP contribution >= 0.6 is 0 Å². The summed E-state index contributed by atoms with van der Waals surface area (Å²) < 4.78 is 0. The van der Waals surface area contributed by atoms with Crippen LogP contribution in [0.3, 0.4) is 0 Å². The van der Waals surface area contributed by atoms with Gasteiger partial charge in [-0.25, -0.2) is 0 Å². The molecule has 0 spiro atoms. The first-order valence-electron chi connectivity index (χ1n) is 17.3. The third-order valence-corrected chi connectivity index (χ3v) is 11.6. The second-order valence-electron chi connectivity index (χ2n) is 14.5. The zero-order valence-electron chi connectivity index (χ0n) is 27.5. The zero-order valence-corrected chi connectivity index (χ0v) is 27.5. The van der Waals surface area contributed by atoms with Gasteiger partial charge in [0.15, 0.2) is 0 Å². The molecule has 0 N–H and O–H groups in total. The van der Waals surface area contributed by atoms with E-state index in [1.54, 1.807) is 0 Å². The van der Waals surface area contributed by atoms with Crippen molar-refractivity contribution in [2.24, 2.45) is 0 Å². The largest absolute Gasteiger partial charge is 0.0616 e. The van der Waals surface area contributed by atoms with Crippen molar-refractivity contribution in [1.29, 1.82) is 0 Å². The molecule has 0 heteroatoms. The van der Waals surface area contributed by atoms with Gasteiger partial charge in [-0.2, -0.15) is 0 Å². The first kappa shape index (κ1) is 27.0. The summed E-state index contributed by atoms with van der Waals surface area (Å²) in [6.45, 7) is 4.79. The molecule has 1 aliphatic carbocycles. The highest BCUT2D eigenvalue weighted by Crippen LogP contribution is 2.52. The first-order chi connectivity index (χ1) is 24.0. The third kappa shape index (κ3) is 3.64. The van der Waals surface area contributed by atoms with E-state index in [0.29, 0.717) is 0 Å². The van der Waals surface area contributed by atoms with Gasteiger partial charge in [-0.3, -0.25) is 0 Å². The fourth-order valence-electron chi connectivity index (χ4n) is 9.14. The summed E-state index contributed by atoms with van der Waals surface area (Å²) in [6, 6.07) is 59.4. The molecule has 1 aliphatic rings. The lowest BCUT2D eigenvalue weighted by Gasteiger charge is -2.23. The maximum absolute atomic E-state index is 2.49. The van der Waals surface area contributed by atoms with Crippen LogP contribution in [-0.2, 0) is 5.41 Å². The summed E-state index contributed by atoms with van der Waals surface area (Å²) >= 11 is 0. The highest BCUT2D eigenvalue weighted by molar-refractivity contribution is 6.27. The van der Waals surface area contributed by atoms with Crippen LogP contribution in [-0.4, -0.2) is 0 Å². The lowest BCUT2D eigenvalue weighted by molar-refractivity contribution is 0.661. The number of rotatable bonds is 2. The zero-order chi connectivity index (χ0) is 32.4. The maximum Gasteiger partial charge on any atom is 0.0159 e. The summed E-state index contributed by atoms with van der Waals surface area (Å²) in [7, 11) is 0. The molecule has 0 unspecified atom stereocenters. The van der Waals surface area contributed by atoms with Crippen molar-refractivity contribution in [1.82, 2.24) is 0 Å². The molecule has 0 aliphatic heterocycles. The second-order valence-corrected chi connectivity index (χ2v) is 14.5. The maximum atomic E-state index is 2.49. The van der Waals surface area contributed by atoms with Gasteiger partial charge in [0, 0.05) is 5.41 Å². The second kappa shape index (κ2) is 9.56. The molecule has 0 amide bonds. The Morgan fingerprint density at radius 1 is 0.306 bits per heavy atom. The summed E-state index contributed by atoms with van der Waals surface area (Å²) in [5.74, 6) is 0. The molecule has 0 bridgehead atoms. The SMILES string of the molecule is CC1(C)c2cc(-c3ccc(-c4ccc5ccc6cccc7ccc4c5c67)cc3)ccc2-c2cc3c4ccccc4c4ccccc4c3cc21. The molecule has 0 heterocycles. The molecule has 0 atom stereocenters. The number of hydrogen-bond acceptors (Lipinski definition) is 0. The molecule has 0 radical (unpaired) electrons. The molecule has 0 aromatic heterocycles. The van der Waals surface area contributed by atoms with E-state index in [0.717, 1.165) is 0 Å². The molecule has 228 valence electrons. The third-order valence-electron chi connectivity index (χ3n) is 11.6. The quantitative estimate of drug-likeness (QED) is 0.169. The summed E-state index contributed by atoms with van der Waals surface area (Å²) in [4.78, 5) is 0. The Kier molecular flexibility index (Phi) is 5.27. The van der Waals surface area contributed by atoms with Crippen molar-refractivity contribution in [3.8, 4) is 33.4 Å². The molecule has 0 nitrogen and oxygen atoms in total. The molecule has 0 saturated heterocycles. The van der Waals surface area contributed by atoms with E-state index >= 15 is 0 Å². The van der Waals surface area contributed by atoms with E-state index in [2.05, 4.69) is 172 Å². The number of fused-ring (bicyclic) bond motifs is 9. The normalized spacial score (nSPS) is 13.7. The fourth-order valence-corrected chi connectivity index (χ4v) is 9.14. The minimum Gasteiger partial charge on any atom is -0.0616 e. The molecule has 0 fully saturated rings. The van der Waals surface area contributed by atoms with Gasteiger partial charge in [0.05, 0.1) is 0 Å². The van der Waals surface area contributed by atoms with Gasteiger partial charge in [0.1, 0.15) is 0 Å². The lowest BCUT2D eigenvalue weighted by Crippen LogP contribution is -2.15. The van der Waals surface area contributed by atoms with Gasteiger partial charge in [-0.05, 0) is 127 Å². The molecule has 49 heavy (non-hydrogen) atoms. The van der Waals surface area contributed by atoms with Gasteiger partial charge >= 0.3 is 0 Å². The van der Waals surface area contributed by atoms with Gasteiger partial charge < -0.3 is 0 Å². The standard InChI is InChI=1S/C49H32/c1-49(2)45-26-34(22-24-40(45)44-27-42-38-12-5-3-10-36(38)37-11-4-6-13-39(37)43(42)28-46(44)49)29-14-16-30(17-15-29)35-23-20-33-19-18-31-8-7-9-32-21-25-41(35)48(33)47(31)32/h3-28H,1-2H3. The van der Waals surface area contributed by atoms with E-state index in [4.69, 9.17) is 0 Å². The van der Waals surface area contributed by atoms with Crippen molar-refractivity contribution >= 4 is 64.6 Å². The predicted molar refractivity (Wildman–Crippen MR) is 211 cm³/mol. The average molecular weight is 621 g/mol. The Hall–Kier alpha value is -5.98. The highest BCUT2D eigenvalue weighted by Gasteiger charge is 2.36. The van der Waals surface area contributed by atoms with Crippen LogP contribution in [0.25, 0.3) is 98.0 Å². The van der Waals surface area contributed by atoms with E-state index in [-0.39, 0.29) is 5.41 Å². The van der Waals surface area contributed by atoms with Crippen molar-refractivity contribution in [2.45, 2.75) is 19.3 Å². The summed E-state index contributed by atoms with van der Waals surface area (Å²) in [5, 5.41) is 15.9. The van der Waals surface area contributed by atoms with Gasteiger partial charge in [-0.15, -0.1) is 0 Å². The molecule has 0 saturated carbocycles. The van der Waals surface area contributed by atoms with Gasteiger partial charge in [0.25, 0.3) is 0 Å². The van der Waals surface area contributed by atoms with Crippen LogP contribution in [0.2, 0.25) is 0 Å². The van der Waals surface area contributed by atoms with Crippen LogP contribution in [0.1, 0.15) is 25.0 Å². The lowest BCUT2D eigenvalue weighted by atomic mass is 9.80. The number of benzene rings is 10. The van der Waals surface area contributed by atoms with Gasteiger partial charge in [0.2, 0.25) is 0 Å². The predicted octanol–water partition coefficient (Wildman–Crippen LogP) is 13.7. The Labute approximate surface area is 285 Å². The number of hydrogen-bond donors (Lipinski definition) is 0. The Balaban J connectivity index is 1.03. The monoisotopic (exact) mass is 620 g/mol. The molecule has 11 rings (SSSR count). The Morgan fingerprint density at radius 3 is 1.51 bits per heavy atom. The molecule has 10 aromatic rings. The minimum atomic E-state index is -0.108. The van der Waals surface area contributed by atoms with Crippen LogP contribution in [0.5, 0.6) is 0 Å². The smallest absolute Gasteiger partial charge is 0.0159 e. The van der Waals surface area contributed by atoms with Gasteiger partial charge in [-0.1, -0.05) is 153 Å². The fraction of sp³-hybridized carbons (Fsp3) is 0.0612. The van der Waals surface area contributed by atoms with E-state index < -0.39 is 0 Å². The molecule has 10 aromatic carbocycles. The van der Waals surface area contributed by atoms with E-state index in [1.165, 1.54) is 109 Å². The summed E-state index contributed by atoms with van der Waals surface area (Å²) in [6.07, 6.45) is 0. The van der Waals surface area contributed by atoms with Crippen LogP contribution in [0.4, 0.5) is 0 Å². The molecular weight excluding hydrogens is 589 g/mol. The topological polar surface area (TPSA) is 0 Å². The minimum absolute atomic E-state index is 0.108. The average Bonchev–Trinajstić information content (AvgIpc) is 3.38. The van der Waals surface area contributed by atoms with E-state index in [9.17, 15) is 0 Å². The van der Waals surface area contributed by atoms with Crippen LogP contribution in [0, 0.1) is 0 Å². The first-order valence-corrected chi connectivity index (χ1v) is 17.3. The van der Waals surface area contributed by atoms with Crippen LogP contribution in [0.15, 0.2) is 158 Å². The Morgan fingerprint density at radius 2 is 0.816 bits per heavy atom. The Bertz CT molecular complexity index is 2980. The van der Waals surface area contributed by atoms with Crippen molar-refractivity contribution in [3.05, 3.63) is 169 Å². The van der Waals surface area contributed by atoms with Crippen molar-refractivity contribution in [3.63, 3.8) is 0 Å². The van der Waals surface area contributed by atoms with Crippen LogP contribution < -0.4 is 0 Å².